The van der Waals surface area contributed by atoms with Gasteiger partial charge in [-0.25, -0.2) is 0 Å². The van der Waals surface area contributed by atoms with Crippen molar-refractivity contribution in [3.8, 4) is 5.75 Å². The van der Waals surface area contributed by atoms with Gasteiger partial charge < -0.3 is 20.3 Å². The van der Waals surface area contributed by atoms with Crippen LogP contribution in [0.3, 0.4) is 0 Å². The molecule has 34 heavy (non-hydrogen) atoms. The first-order valence-electron chi connectivity index (χ1n) is 12.5. The average Bonchev–Trinajstić information content (AvgIpc) is 2.86. The Bertz CT molecular complexity index is 912. The van der Waals surface area contributed by atoms with Gasteiger partial charge in [0.1, 0.15) is 12.4 Å². The minimum atomic E-state index is -0.594. The van der Waals surface area contributed by atoms with Crippen molar-refractivity contribution in [1.29, 1.82) is 0 Å². The Morgan fingerprint density at radius 2 is 1.76 bits per heavy atom. The largest absolute Gasteiger partial charge is 0.489 e. The fraction of sp³-hybridized carbons (Fsp3) is 0.577. The average molecular weight is 469 g/mol. The van der Waals surface area contributed by atoms with E-state index < -0.39 is 5.41 Å². The molecule has 1 spiro atoms. The molecule has 184 valence electrons. The summed E-state index contributed by atoms with van der Waals surface area (Å²) in [4.78, 5) is 42.9. The summed E-state index contributed by atoms with van der Waals surface area (Å²) >= 11 is 0. The van der Waals surface area contributed by atoms with Crippen LogP contribution in [0, 0.1) is 5.41 Å². The van der Waals surface area contributed by atoms with E-state index in [1.165, 1.54) is 6.42 Å². The fourth-order valence-corrected chi connectivity index (χ4v) is 5.17. The van der Waals surface area contributed by atoms with E-state index in [0.29, 0.717) is 50.5 Å². The van der Waals surface area contributed by atoms with Crippen LogP contribution in [0.4, 0.5) is 0 Å². The Labute approximate surface area is 201 Å². The monoisotopic (exact) mass is 468 g/mol. The van der Waals surface area contributed by atoms with Crippen molar-refractivity contribution >= 4 is 17.7 Å². The molecule has 2 N–H and O–H groups in total. The van der Waals surface area contributed by atoms with Gasteiger partial charge in [0.05, 0.1) is 17.5 Å². The van der Waals surface area contributed by atoms with Crippen LogP contribution >= 0.6 is 0 Å². The zero-order valence-corrected chi connectivity index (χ0v) is 19.9. The topological polar surface area (TPSA) is 91.0 Å². The van der Waals surface area contributed by atoms with Crippen LogP contribution in [0.5, 0.6) is 5.75 Å². The Hall–Kier alpha value is -2.87. The van der Waals surface area contributed by atoms with E-state index in [4.69, 9.17) is 4.74 Å². The maximum absolute atomic E-state index is 13.4. The quantitative estimate of drug-likeness (QED) is 0.648. The number of rotatable bonds is 2. The second-order valence-corrected chi connectivity index (χ2v) is 9.53. The molecule has 3 aliphatic rings. The zero-order chi connectivity index (χ0) is 23.8. The van der Waals surface area contributed by atoms with Crippen molar-refractivity contribution in [2.24, 2.45) is 5.41 Å². The number of nitrogens with zero attached hydrogens (tertiary/aromatic N) is 2. The third-order valence-electron chi connectivity index (χ3n) is 7.04. The van der Waals surface area contributed by atoms with Crippen LogP contribution < -0.4 is 15.4 Å². The molecule has 8 nitrogen and oxygen atoms in total. The summed E-state index contributed by atoms with van der Waals surface area (Å²) < 4.78 is 5.84. The van der Waals surface area contributed by atoms with Gasteiger partial charge in [-0.2, -0.15) is 0 Å². The summed E-state index contributed by atoms with van der Waals surface area (Å²) in [6.07, 6.45) is 9.49. The van der Waals surface area contributed by atoms with Crippen LogP contribution in [0.2, 0.25) is 0 Å². The van der Waals surface area contributed by atoms with Crippen molar-refractivity contribution < 1.29 is 19.1 Å². The highest BCUT2D eigenvalue weighted by molar-refractivity contribution is 5.97. The number of ether oxygens (including phenoxy) is 1. The highest BCUT2D eigenvalue weighted by Gasteiger charge is 2.41. The van der Waals surface area contributed by atoms with Gasteiger partial charge in [0.25, 0.3) is 5.91 Å². The van der Waals surface area contributed by atoms with Crippen molar-refractivity contribution in [3.63, 3.8) is 0 Å². The molecule has 2 fully saturated rings. The molecule has 0 radical (unpaired) electrons. The molecule has 3 heterocycles. The molecule has 0 aromatic heterocycles. The van der Waals surface area contributed by atoms with Crippen molar-refractivity contribution in [1.82, 2.24) is 20.4 Å². The molecule has 0 aliphatic carbocycles. The standard InChI is InChI=1S/C26H36N4O4/c31-23(30-16-5-1-6-17-30)19-29-15-8-12-26(20-29)11-4-7-18-34-22-10-3-2-9-21(22)24(32)27-13-14-28-25(26)33/h2-4,7,9-10H,1,5-6,8,11-20H2,(H,27,32)(H,28,33)/b7-4-. The first kappa shape index (κ1) is 24.3. The SMILES string of the molecule is O=C1NCCNC(=O)C2(C/C=C\COc3ccccc31)CCCN(CC(=O)N1CCCCC1)C2. The van der Waals surface area contributed by atoms with Gasteiger partial charge in [-0.1, -0.05) is 24.3 Å². The van der Waals surface area contributed by atoms with E-state index in [1.54, 1.807) is 18.2 Å². The van der Waals surface area contributed by atoms with E-state index in [2.05, 4.69) is 15.5 Å². The van der Waals surface area contributed by atoms with Gasteiger partial charge in [0, 0.05) is 32.7 Å². The summed E-state index contributed by atoms with van der Waals surface area (Å²) in [5, 5.41) is 5.90. The second-order valence-electron chi connectivity index (χ2n) is 9.53. The number of carbonyl (C=O) groups is 3. The highest BCUT2D eigenvalue weighted by Crippen LogP contribution is 2.34. The van der Waals surface area contributed by atoms with Crippen LogP contribution in [-0.2, 0) is 9.59 Å². The molecule has 2 saturated heterocycles. The van der Waals surface area contributed by atoms with E-state index in [9.17, 15) is 14.4 Å². The molecule has 1 aromatic rings. The normalized spacial score (nSPS) is 25.9. The van der Waals surface area contributed by atoms with Gasteiger partial charge in [-0.05, 0) is 57.2 Å². The molecule has 1 atom stereocenters. The van der Waals surface area contributed by atoms with Gasteiger partial charge in [0.15, 0.2) is 0 Å². The molecule has 1 aromatic carbocycles. The molecule has 1 unspecified atom stereocenters. The number of carbonyl (C=O) groups excluding carboxylic acids is 3. The first-order valence-corrected chi connectivity index (χ1v) is 12.5. The Morgan fingerprint density at radius 3 is 2.62 bits per heavy atom. The summed E-state index contributed by atoms with van der Waals surface area (Å²) in [7, 11) is 0. The maximum Gasteiger partial charge on any atom is 0.255 e. The number of likely N-dealkylation sites (tertiary alicyclic amines) is 2. The van der Waals surface area contributed by atoms with Gasteiger partial charge >= 0.3 is 0 Å². The van der Waals surface area contributed by atoms with Gasteiger partial charge in [0.2, 0.25) is 11.8 Å². The molecular weight excluding hydrogens is 432 g/mol. The minimum absolute atomic E-state index is 0.0140. The smallest absolute Gasteiger partial charge is 0.255 e. The van der Waals surface area contributed by atoms with Crippen LogP contribution in [0.25, 0.3) is 0 Å². The zero-order valence-electron chi connectivity index (χ0n) is 19.9. The number of para-hydroxylation sites is 1. The lowest BCUT2D eigenvalue weighted by atomic mass is 9.76. The molecular formula is C26H36N4O4. The second kappa shape index (κ2) is 11.5. The van der Waals surface area contributed by atoms with Crippen molar-refractivity contribution in [3.05, 3.63) is 42.0 Å². The lowest BCUT2D eigenvalue weighted by Gasteiger charge is -2.42. The predicted octanol–water partition coefficient (Wildman–Crippen LogP) is 1.97. The van der Waals surface area contributed by atoms with Crippen LogP contribution in [0.1, 0.15) is 48.9 Å². The summed E-state index contributed by atoms with van der Waals surface area (Å²) in [5.41, 5.74) is -0.111. The van der Waals surface area contributed by atoms with Crippen molar-refractivity contribution in [2.45, 2.75) is 38.5 Å². The molecule has 8 heteroatoms. The number of nitrogens with one attached hydrogen (secondary N) is 2. The van der Waals surface area contributed by atoms with E-state index in [0.717, 1.165) is 45.3 Å². The lowest BCUT2D eigenvalue weighted by Crippen LogP contribution is -2.54. The number of hydrogen-bond donors (Lipinski definition) is 2. The molecule has 3 amide bonds. The molecule has 4 rings (SSSR count). The maximum atomic E-state index is 13.4. The van der Waals surface area contributed by atoms with E-state index in [1.807, 2.05) is 23.1 Å². The molecule has 3 aliphatic heterocycles. The predicted molar refractivity (Wildman–Crippen MR) is 130 cm³/mol. The van der Waals surface area contributed by atoms with E-state index in [-0.39, 0.29) is 17.7 Å². The number of fused-ring (bicyclic) bond motifs is 1. The summed E-state index contributed by atoms with van der Waals surface area (Å²) in [6.45, 7) is 4.44. The number of benzene rings is 1. The summed E-state index contributed by atoms with van der Waals surface area (Å²) in [5.74, 6) is 0.476. The molecule has 0 saturated carbocycles. The third-order valence-corrected chi connectivity index (χ3v) is 7.04. The van der Waals surface area contributed by atoms with Crippen molar-refractivity contribution in [2.75, 3.05) is 52.4 Å². The fourth-order valence-electron chi connectivity index (χ4n) is 5.17. The van der Waals surface area contributed by atoms with E-state index >= 15 is 0 Å². The lowest BCUT2D eigenvalue weighted by molar-refractivity contribution is -0.139. The van der Waals surface area contributed by atoms with Gasteiger partial charge in [-0.15, -0.1) is 0 Å². The Kier molecular flexibility index (Phi) is 8.21. The van der Waals surface area contributed by atoms with Crippen LogP contribution in [-0.4, -0.2) is 79.9 Å². The highest BCUT2D eigenvalue weighted by atomic mass is 16.5. The third kappa shape index (κ3) is 5.97. The number of hydrogen-bond acceptors (Lipinski definition) is 5. The van der Waals surface area contributed by atoms with Gasteiger partial charge in [-0.3, -0.25) is 19.3 Å². The number of piperidine rings is 2. The Balaban J connectivity index is 1.44. The van der Waals surface area contributed by atoms with Crippen LogP contribution in [0.15, 0.2) is 36.4 Å². The first-order chi connectivity index (χ1) is 16.6. The molecule has 0 bridgehead atoms. The number of amides is 3. The minimum Gasteiger partial charge on any atom is -0.489 e. The summed E-state index contributed by atoms with van der Waals surface area (Å²) in [6, 6.07) is 7.17. The Morgan fingerprint density at radius 1 is 0.971 bits per heavy atom. The number of allylic oxidation sites excluding steroid dienone is 1.